The second-order valence-corrected chi connectivity index (χ2v) is 18.5. The van der Waals surface area contributed by atoms with Crippen molar-refractivity contribution in [1.82, 2.24) is 0 Å². The number of hydrogen-bond acceptors (Lipinski definition) is 4. The average molecular weight is 651 g/mol. The van der Waals surface area contributed by atoms with Crippen LogP contribution in [0.4, 0.5) is 0 Å². The standard InChI is InChI=1S/C40H42S4/c1-21(2)25-17-18-26(22(3)4)36-35(25)41-39(42-36)33-29-13-9-11-15-31(29)34(32-16-12-10-14-30(32)33)40-43-37-27(23(5)6)19-20-28(24(7)8)38(37)44-40/h9-24,39-40H,1-8H3. The van der Waals surface area contributed by atoms with Crippen LogP contribution in [0.15, 0.2) is 92.4 Å². The van der Waals surface area contributed by atoms with E-state index in [-0.39, 0.29) is 0 Å². The van der Waals surface area contributed by atoms with E-state index < -0.39 is 0 Å². The quantitative estimate of drug-likeness (QED) is 0.168. The lowest BCUT2D eigenvalue weighted by atomic mass is 9.93. The SMILES string of the molecule is CC(C)c1ccc(C(C)C)c2c1SC(c1c3ccccc3c(C3Sc4c(C(C)C)ccc(C(C)C)c4S3)c3ccccc13)S2. The highest BCUT2D eigenvalue weighted by atomic mass is 32.2. The summed E-state index contributed by atoms with van der Waals surface area (Å²) in [7, 11) is 0. The molecule has 5 aromatic rings. The second kappa shape index (κ2) is 12.0. The molecule has 44 heavy (non-hydrogen) atoms. The zero-order chi connectivity index (χ0) is 30.9. The van der Waals surface area contributed by atoms with Gasteiger partial charge in [0.25, 0.3) is 0 Å². The van der Waals surface area contributed by atoms with Gasteiger partial charge in [0, 0.05) is 19.6 Å². The van der Waals surface area contributed by atoms with Gasteiger partial charge >= 0.3 is 0 Å². The van der Waals surface area contributed by atoms with Gasteiger partial charge in [0.05, 0.1) is 9.16 Å². The zero-order valence-electron chi connectivity index (χ0n) is 27.0. The van der Waals surface area contributed by atoms with Crippen LogP contribution >= 0.6 is 47.0 Å². The number of thioether (sulfide) groups is 4. The third-order valence-electron chi connectivity index (χ3n) is 9.22. The highest BCUT2D eigenvalue weighted by Crippen LogP contribution is 2.65. The van der Waals surface area contributed by atoms with Crippen molar-refractivity contribution in [3.8, 4) is 0 Å². The molecule has 0 unspecified atom stereocenters. The minimum atomic E-state index is 0.326. The summed E-state index contributed by atoms with van der Waals surface area (Å²) in [4.78, 5) is 6.05. The normalized spacial score (nSPS) is 15.5. The fourth-order valence-corrected chi connectivity index (χ4v) is 14.0. The Kier molecular flexibility index (Phi) is 8.36. The smallest absolute Gasteiger partial charge is 0.0858 e. The van der Waals surface area contributed by atoms with Crippen LogP contribution in [-0.4, -0.2) is 0 Å². The molecule has 0 aromatic heterocycles. The molecule has 0 saturated carbocycles. The molecule has 0 saturated heterocycles. The Morgan fingerprint density at radius 1 is 0.364 bits per heavy atom. The van der Waals surface area contributed by atoms with Crippen molar-refractivity contribution in [2.75, 3.05) is 0 Å². The first-order valence-electron chi connectivity index (χ1n) is 16.1. The number of fused-ring (bicyclic) bond motifs is 4. The Morgan fingerprint density at radius 3 is 0.795 bits per heavy atom. The van der Waals surface area contributed by atoms with E-state index in [1.54, 1.807) is 0 Å². The van der Waals surface area contributed by atoms with Gasteiger partial charge < -0.3 is 0 Å². The molecule has 2 aliphatic heterocycles. The largest absolute Gasteiger partial charge is 0.105 e. The molecule has 2 heterocycles. The first kappa shape index (κ1) is 30.7. The van der Waals surface area contributed by atoms with Gasteiger partial charge in [-0.15, -0.1) is 47.0 Å². The number of hydrogen-bond donors (Lipinski definition) is 0. The van der Waals surface area contributed by atoms with Crippen molar-refractivity contribution in [2.24, 2.45) is 0 Å². The number of benzene rings is 5. The summed E-state index contributed by atoms with van der Waals surface area (Å²) in [6.45, 7) is 18.7. The summed E-state index contributed by atoms with van der Waals surface area (Å²) < 4.78 is 0.653. The van der Waals surface area contributed by atoms with Crippen molar-refractivity contribution in [1.29, 1.82) is 0 Å². The third kappa shape index (κ3) is 5.03. The summed E-state index contributed by atoms with van der Waals surface area (Å²) in [6, 6.07) is 28.2. The molecule has 0 aliphatic carbocycles. The lowest BCUT2D eigenvalue weighted by molar-refractivity contribution is 0.793. The molecule has 7 rings (SSSR count). The molecule has 2 aliphatic rings. The van der Waals surface area contributed by atoms with Crippen LogP contribution in [0, 0.1) is 0 Å². The lowest BCUT2D eigenvalue weighted by Crippen LogP contribution is -1.98. The van der Waals surface area contributed by atoms with Crippen LogP contribution in [0.5, 0.6) is 0 Å². The Morgan fingerprint density at radius 2 is 0.591 bits per heavy atom. The highest BCUT2D eigenvalue weighted by Gasteiger charge is 2.36. The van der Waals surface area contributed by atoms with E-state index in [4.69, 9.17) is 0 Å². The summed E-state index contributed by atoms with van der Waals surface area (Å²) in [6.07, 6.45) is 0. The van der Waals surface area contributed by atoms with Crippen molar-refractivity contribution in [3.05, 3.63) is 106 Å². The van der Waals surface area contributed by atoms with Gasteiger partial charge in [-0.1, -0.05) is 128 Å². The Bertz CT molecular complexity index is 1630. The lowest BCUT2D eigenvalue weighted by Gasteiger charge is -2.22. The van der Waals surface area contributed by atoms with Crippen LogP contribution in [-0.2, 0) is 0 Å². The molecule has 0 atom stereocenters. The van der Waals surface area contributed by atoms with Crippen molar-refractivity contribution in [2.45, 2.75) is 108 Å². The fourth-order valence-electron chi connectivity index (χ4n) is 6.91. The molecule has 0 fully saturated rings. The monoisotopic (exact) mass is 650 g/mol. The first-order valence-corrected chi connectivity index (χ1v) is 19.6. The van der Waals surface area contributed by atoms with Crippen LogP contribution in [0.3, 0.4) is 0 Å². The summed E-state index contributed by atoms with van der Waals surface area (Å²) >= 11 is 8.38. The van der Waals surface area contributed by atoms with Gasteiger partial charge in [0.1, 0.15) is 0 Å². The third-order valence-corrected chi connectivity index (χ3v) is 15.1. The van der Waals surface area contributed by atoms with Gasteiger partial charge in [-0.25, -0.2) is 0 Å². The van der Waals surface area contributed by atoms with Crippen molar-refractivity contribution < 1.29 is 0 Å². The predicted molar refractivity (Wildman–Crippen MR) is 200 cm³/mol. The maximum absolute atomic E-state index is 2.40. The van der Waals surface area contributed by atoms with Gasteiger partial charge in [0.15, 0.2) is 0 Å². The van der Waals surface area contributed by atoms with E-state index in [1.165, 1.54) is 74.5 Å². The Balaban J connectivity index is 1.42. The van der Waals surface area contributed by atoms with Crippen molar-refractivity contribution in [3.63, 3.8) is 0 Å². The molecule has 0 radical (unpaired) electrons. The van der Waals surface area contributed by atoms with Gasteiger partial charge in [-0.05, 0) is 78.6 Å². The van der Waals surface area contributed by atoms with E-state index in [0.717, 1.165) is 0 Å². The zero-order valence-corrected chi connectivity index (χ0v) is 30.3. The van der Waals surface area contributed by atoms with E-state index in [1.807, 2.05) is 0 Å². The first-order chi connectivity index (χ1) is 21.2. The van der Waals surface area contributed by atoms with E-state index >= 15 is 0 Å². The van der Waals surface area contributed by atoms with E-state index in [9.17, 15) is 0 Å². The van der Waals surface area contributed by atoms with Gasteiger partial charge in [-0.2, -0.15) is 0 Å². The summed E-state index contributed by atoms with van der Waals surface area (Å²) in [5, 5.41) is 5.67. The maximum atomic E-state index is 2.40. The molecular formula is C40H42S4. The molecule has 4 heteroatoms. The molecule has 0 amide bonds. The molecule has 0 bridgehead atoms. The maximum Gasteiger partial charge on any atom is 0.0858 e. The minimum absolute atomic E-state index is 0.326. The topological polar surface area (TPSA) is 0 Å². The molecule has 5 aromatic carbocycles. The van der Waals surface area contributed by atoms with E-state index in [0.29, 0.717) is 32.8 Å². The molecule has 0 N–H and O–H groups in total. The van der Waals surface area contributed by atoms with E-state index in [2.05, 4.69) is 175 Å². The molecule has 0 nitrogen and oxygen atoms in total. The van der Waals surface area contributed by atoms with Crippen LogP contribution < -0.4 is 0 Å². The number of rotatable bonds is 6. The Labute approximate surface area is 280 Å². The minimum Gasteiger partial charge on any atom is -0.105 e. The second-order valence-electron chi connectivity index (χ2n) is 13.5. The van der Waals surface area contributed by atoms with Crippen LogP contribution in [0.2, 0.25) is 0 Å². The van der Waals surface area contributed by atoms with Crippen molar-refractivity contribution >= 4 is 68.6 Å². The molecule has 0 spiro atoms. The van der Waals surface area contributed by atoms with Crippen LogP contribution in [0.1, 0.15) is 122 Å². The summed E-state index contributed by atoms with van der Waals surface area (Å²) in [5.74, 6) is 2.05. The fraction of sp³-hybridized carbons (Fsp3) is 0.350. The van der Waals surface area contributed by atoms with Crippen LogP contribution in [0.25, 0.3) is 21.5 Å². The van der Waals surface area contributed by atoms with Gasteiger partial charge in [-0.3, -0.25) is 0 Å². The predicted octanol–water partition coefficient (Wildman–Crippen LogP) is 14.3. The molecular weight excluding hydrogens is 609 g/mol. The average Bonchev–Trinajstić information content (AvgIpc) is 3.63. The molecule has 226 valence electrons. The highest BCUT2D eigenvalue weighted by molar-refractivity contribution is 8.19. The van der Waals surface area contributed by atoms with Gasteiger partial charge in [0.2, 0.25) is 0 Å². The Hall–Kier alpha value is -1.98. The summed E-state index contributed by atoms with van der Waals surface area (Å²) in [5.41, 5.74) is 8.96.